The van der Waals surface area contributed by atoms with Crippen LogP contribution in [0, 0.1) is 5.41 Å². The molecule has 0 bridgehead atoms. The van der Waals surface area contributed by atoms with Crippen LogP contribution in [-0.4, -0.2) is 22.8 Å². The van der Waals surface area contributed by atoms with Gasteiger partial charge in [0.1, 0.15) is 0 Å². The van der Waals surface area contributed by atoms with E-state index in [2.05, 4.69) is 33.8 Å². The summed E-state index contributed by atoms with van der Waals surface area (Å²) < 4.78 is 6.37. The molecule has 1 saturated carbocycles. The lowest BCUT2D eigenvalue weighted by molar-refractivity contribution is -0.131. The van der Waals surface area contributed by atoms with E-state index in [4.69, 9.17) is 9.84 Å². The molecule has 23 heavy (non-hydrogen) atoms. The van der Waals surface area contributed by atoms with Crippen molar-refractivity contribution >= 4 is 5.97 Å². The van der Waals surface area contributed by atoms with E-state index in [-0.39, 0.29) is 17.1 Å². The molecular formula is C20H28O3. The number of aliphatic carboxylic acids is 1. The highest BCUT2D eigenvalue weighted by Crippen LogP contribution is 2.51. The minimum atomic E-state index is -0.920. The Labute approximate surface area is 139 Å². The minimum Gasteiger partial charge on any atom is -0.478 e. The van der Waals surface area contributed by atoms with E-state index in [0.29, 0.717) is 5.57 Å². The molecule has 1 N–H and O–H groups in total. The van der Waals surface area contributed by atoms with Crippen molar-refractivity contribution in [3.05, 3.63) is 47.1 Å². The van der Waals surface area contributed by atoms with Crippen LogP contribution in [0.4, 0.5) is 0 Å². The second kappa shape index (κ2) is 6.48. The van der Waals surface area contributed by atoms with Gasteiger partial charge in [-0.25, -0.2) is 4.79 Å². The van der Waals surface area contributed by atoms with E-state index in [1.165, 1.54) is 24.5 Å². The fourth-order valence-corrected chi connectivity index (χ4v) is 3.76. The van der Waals surface area contributed by atoms with Crippen LogP contribution in [0.15, 0.2) is 47.1 Å². The molecule has 0 spiro atoms. The highest BCUT2D eigenvalue weighted by Gasteiger charge is 2.47. The van der Waals surface area contributed by atoms with Gasteiger partial charge in [-0.3, -0.25) is 0 Å². The van der Waals surface area contributed by atoms with Crippen LogP contribution < -0.4 is 0 Å². The molecule has 1 fully saturated rings. The van der Waals surface area contributed by atoms with Gasteiger partial charge in [-0.05, 0) is 68.2 Å². The number of carbonyl (C=O) groups is 1. The molecule has 2 atom stereocenters. The highest BCUT2D eigenvalue weighted by atomic mass is 16.5. The predicted molar refractivity (Wildman–Crippen MR) is 93.3 cm³/mol. The lowest BCUT2D eigenvalue weighted by Gasteiger charge is -2.42. The average molecular weight is 316 g/mol. The first-order chi connectivity index (χ1) is 10.6. The monoisotopic (exact) mass is 316 g/mol. The summed E-state index contributed by atoms with van der Waals surface area (Å²) in [5.41, 5.74) is 3.36. The van der Waals surface area contributed by atoms with Gasteiger partial charge in [-0.15, -0.1) is 0 Å². The summed E-state index contributed by atoms with van der Waals surface area (Å²) in [5, 5.41) is 8.71. The third-order valence-electron chi connectivity index (χ3n) is 4.98. The molecule has 3 nitrogen and oxygen atoms in total. The Morgan fingerprint density at radius 2 is 2.00 bits per heavy atom. The topological polar surface area (TPSA) is 46.5 Å². The predicted octanol–water partition coefficient (Wildman–Crippen LogP) is 4.81. The summed E-state index contributed by atoms with van der Waals surface area (Å²) in [6.45, 7) is 10.7. The Balaban J connectivity index is 2.14. The quantitative estimate of drug-likeness (QED) is 0.460. The minimum absolute atomic E-state index is 0.0146. The van der Waals surface area contributed by atoms with Crippen LogP contribution in [-0.2, 0) is 9.53 Å². The van der Waals surface area contributed by atoms with Gasteiger partial charge in [0.15, 0.2) is 0 Å². The Hall–Kier alpha value is -1.61. The first-order valence-corrected chi connectivity index (χ1v) is 8.31. The summed E-state index contributed by atoms with van der Waals surface area (Å²) in [6.07, 6.45) is 12.7. The summed E-state index contributed by atoms with van der Waals surface area (Å²) in [6, 6.07) is 0. The van der Waals surface area contributed by atoms with E-state index < -0.39 is 5.97 Å². The summed E-state index contributed by atoms with van der Waals surface area (Å²) in [5.74, 6) is -0.920. The summed E-state index contributed by atoms with van der Waals surface area (Å²) in [7, 11) is 0. The van der Waals surface area contributed by atoms with E-state index >= 15 is 0 Å². The SMILES string of the molecule is CC(=C/C(=O)O)/C=C/C=C(\C)[C@H]1C=C2C(C)(C)CCC[C@]2(C)O1. The van der Waals surface area contributed by atoms with Gasteiger partial charge in [-0.2, -0.15) is 0 Å². The second-order valence-corrected chi connectivity index (χ2v) is 7.58. The molecule has 2 aliphatic rings. The number of ether oxygens (including phenoxy) is 1. The number of hydrogen-bond donors (Lipinski definition) is 1. The van der Waals surface area contributed by atoms with Crippen LogP contribution in [0.2, 0.25) is 0 Å². The molecule has 0 amide bonds. The van der Waals surface area contributed by atoms with E-state index in [9.17, 15) is 4.79 Å². The molecule has 0 aromatic heterocycles. The third-order valence-corrected chi connectivity index (χ3v) is 4.98. The van der Waals surface area contributed by atoms with Crippen LogP contribution in [0.5, 0.6) is 0 Å². The molecule has 126 valence electrons. The molecule has 0 aromatic carbocycles. The Morgan fingerprint density at radius 1 is 1.30 bits per heavy atom. The number of hydrogen-bond acceptors (Lipinski definition) is 2. The first-order valence-electron chi connectivity index (χ1n) is 8.31. The smallest absolute Gasteiger partial charge is 0.328 e. The van der Waals surface area contributed by atoms with E-state index in [1.807, 2.05) is 12.2 Å². The standard InChI is InChI=1S/C20H28O3/c1-14(12-18(21)22)8-6-9-15(2)16-13-17-19(3,4)10-7-11-20(17,5)23-16/h6,8-9,12-13,16H,7,10-11H2,1-5H3,(H,21,22)/b8-6+,14-12-,15-9+/t16-,20+/m1/s1. The Kier molecular flexibility index (Phi) is 5.00. The lowest BCUT2D eigenvalue weighted by atomic mass is 9.67. The fraction of sp³-hybridized carbons (Fsp3) is 0.550. The lowest BCUT2D eigenvalue weighted by Crippen LogP contribution is -2.39. The van der Waals surface area contributed by atoms with Crippen molar-refractivity contribution in [2.75, 3.05) is 0 Å². The second-order valence-electron chi connectivity index (χ2n) is 7.58. The molecule has 0 saturated heterocycles. The van der Waals surface area contributed by atoms with Gasteiger partial charge in [0.05, 0.1) is 11.7 Å². The van der Waals surface area contributed by atoms with E-state index in [0.717, 1.165) is 12.0 Å². The van der Waals surface area contributed by atoms with Crippen LogP contribution in [0.1, 0.15) is 53.9 Å². The van der Waals surface area contributed by atoms with Crippen LogP contribution >= 0.6 is 0 Å². The van der Waals surface area contributed by atoms with Crippen molar-refractivity contribution in [1.82, 2.24) is 0 Å². The molecule has 0 radical (unpaired) electrons. The largest absolute Gasteiger partial charge is 0.478 e. The number of carboxylic acid groups (broad SMARTS) is 1. The molecular weight excluding hydrogens is 288 g/mol. The molecule has 1 aliphatic carbocycles. The van der Waals surface area contributed by atoms with Crippen molar-refractivity contribution in [3.8, 4) is 0 Å². The van der Waals surface area contributed by atoms with E-state index in [1.54, 1.807) is 13.0 Å². The van der Waals surface area contributed by atoms with Gasteiger partial charge in [-0.1, -0.05) is 32.1 Å². The normalized spacial score (nSPS) is 31.2. The number of fused-ring (bicyclic) bond motifs is 1. The van der Waals surface area contributed by atoms with Crippen LogP contribution in [0.25, 0.3) is 0 Å². The number of rotatable bonds is 4. The maximum absolute atomic E-state index is 10.6. The third kappa shape index (κ3) is 4.03. The zero-order valence-corrected chi connectivity index (χ0v) is 14.8. The molecule has 0 unspecified atom stereocenters. The zero-order valence-electron chi connectivity index (χ0n) is 14.8. The summed E-state index contributed by atoms with van der Waals surface area (Å²) >= 11 is 0. The fourth-order valence-electron chi connectivity index (χ4n) is 3.76. The average Bonchev–Trinajstić information content (AvgIpc) is 2.77. The molecule has 1 aliphatic heterocycles. The van der Waals surface area contributed by atoms with Gasteiger partial charge < -0.3 is 9.84 Å². The van der Waals surface area contributed by atoms with Crippen molar-refractivity contribution in [2.24, 2.45) is 5.41 Å². The van der Waals surface area contributed by atoms with Gasteiger partial charge in [0.25, 0.3) is 0 Å². The maximum Gasteiger partial charge on any atom is 0.328 e. The Morgan fingerprint density at radius 3 is 2.61 bits per heavy atom. The maximum atomic E-state index is 10.6. The molecule has 3 heteroatoms. The number of allylic oxidation sites excluding steroid dienone is 4. The Bertz CT molecular complexity index is 604. The van der Waals surface area contributed by atoms with Gasteiger partial charge >= 0.3 is 5.97 Å². The van der Waals surface area contributed by atoms with Crippen molar-refractivity contribution in [3.63, 3.8) is 0 Å². The van der Waals surface area contributed by atoms with Crippen molar-refractivity contribution in [1.29, 1.82) is 0 Å². The van der Waals surface area contributed by atoms with Gasteiger partial charge in [0.2, 0.25) is 0 Å². The molecule has 0 aromatic rings. The van der Waals surface area contributed by atoms with Crippen LogP contribution in [0.3, 0.4) is 0 Å². The first kappa shape index (κ1) is 17.7. The van der Waals surface area contributed by atoms with Crippen molar-refractivity contribution < 1.29 is 14.6 Å². The molecule has 2 rings (SSSR count). The highest BCUT2D eigenvalue weighted by molar-refractivity contribution is 5.81. The van der Waals surface area contributed by atoms with Gasteiger partial charge in [0, 0.05) is 6.08 Å². The zero-order chi connectivity index (χ0) is 17.3. The summed E-state index contributed by atoms with van der Waals surface area (Å²) in [4.78, 5) is 10.6. The number of carboxylic acids is 1. The van der Waals surface area contributed by atoms with Crippen molar-refractivity contribution in [2.45, 2.75) is 65.6 Å². The molecule has 1 heterocycles.